The van der Waals surface area contributed by atoms with Gasteiger partial charge in [-0.1, -0.05) is 347 Å². The number of phenolic OH excluding ortho intramolecular Hbond substituents is 4. The molecule has 0 spiro atoms. The minimum Gasteiger partial charge on any atom is -0.507 e. The molecule has 0 aliphatic carbocycles. The van der Waals surface area contributed by atoms with E-state index in [1.54, 1.807) is 48.5 Å². The second-order valence-electron chi connectivity index (χ2n) is 35.4. The molecule has 17 aromatic carbocycles. The molecule has 698 valence electrons. The zero-order chi connectivity index (χ0) is 95.9. The molecule has 16 nitrogen and oxygen atoms in total. The number of para-hydroxylation sites is 4. The minimum absolute atomic E-state index is 0.146. The standard InChI is InChI=1S/C34H30N2O2.3C30H28N2O2/c1-2-3-4-11-20-38-33-22-31(35-34(36-33)28-16-9-10-17-32(28)37)30-21-29-24-13-6-5-12-23(24)18-19-27(29)25-14-7-8-15-26(25)30;1-2-3-4-11-18-34-28-20-26(31-30(32-28)25-16-9-10-17-27(25)33)29-23-14-7-5-12-21(23)19-22-13-6-8-15-24(22)29;1-2-3-4-11-18-34-29-20-27(31-30(32-29)25-16-9-10-17-28(25)33)26-19-21-12-5-6-13-22(21)23-14-7-8-15-24(23)26;1-2-3-4-9-16-34-29-20-27(31-30(32-29)26-12-7-8-13-28(26)33)24-15-14-23-17-21-10-5-6-11-22(21)18-25(23)19-24/h5-10,12-19,21-22,37H,2-4,11,20H2,1H3;2*5-10,12-17,19-20,33H,2-4,11,18H2,1H3;5-8,10-15,17-20,33H,2-4,9,16H2,1H3. The molecule has 0 radical (unpaired) electrons. The van der Waals surface area contributed by atoms with Crippen LogP contribution in [0.1, 0.15) is 130 Å². The van der Waals surface area contributed by atoms with Crippen LogP contribution in [0, 0.1) is 0 Å². The molecule has 0 aliphatic rings. The lowest BCUT2D eigenvalue weighted by Crippen LogP contribution is -2.02. The molecule has 0 saturated heterocycles. The topological polar surface area (TPSA) is 221 Å². The molecule has 4 heterocycles. The fourth-order valence-corrected chi connectivity index (χ4v) is 18.2. The summed E-state index contributed by atoms with van der Waals surface area (Å²) in [5, 5.41) is 63.1. The average Bonchev–Trinajstić information content (AvgIpc) is 0.743. The first kappa shape index (κ1) is 94.2. The van der Waals surface area contributed by atoms with Crippen molar-refractivity contribution in [2.24, 2.45) is 0 Å². The van der Waals surface area contributed by atoms with E-state index in [-0.39, 0.29) is 23.0 Å². The summed E-state index contributed by atoms with van der Waals surface area (Å²) in [7, 11) is 0. The van der Waals surface area contributed by atoms with Crippen LogP contribution in [-0.4, -0.2) is 86.7 Å². The molecule has 21 aromatic rings. The van der Waals surface area contributed by atoms with Gasteiger partial charge in [0.1, 0.15) is 23.0 Å². The molecular formula is C124H114N8O8. The van der Waals surface area contributed by atoms with Gasteiger partial charge in [-0.3, -0.25) is 0 Å². The Balaban J connectivity index is 0.000000124. The van der Waals surface area contributed by atoms with Gasteiger partial charge in [-0.15, -0.1) is 0 Å². The lowest BCUT2D eigenvalue weighted by atomic mass is 9.92. The second-order valence-corrected chi connectivity index (χ2v) is 35.4. The number of hydrogen-bond donors (Lipinski definition) is 4. The van der Waals surface area contributed by atoms with Crippen molar-refractivity contribution in [3.05, 3.63) is 352 Å². The summed E-state index contributed by atoms with van der Waals surface area (Å²) in [4.78, 5) is 38.3. The van der Waals surface area contributed by atoms with Crippen molar-refractivity contribution >= 4 is 97.0 Å². The smallest absolute Gasteiger partial charge is 0.217 e. The lowest BCUT2D eigenvalue weighted by Gasteiger charge is -2.15. The van der Waals surface area contributed by atoms with Gasteiger partial charge in [-0.05, 0) is 208 Å². The summed E-state index contributed by atoms with van der Waals surface area (Å²) < 4.78 is 24.4. The second kappa shape index (κ2) is 45.6. The Kier molecular flexibility index (Phi) is 30.7. The SMILES string of the molecule is CCCCCCOc1cc(-c2c3ccccc3cc3ccccc23)nc(-c2ccccc2O)n1.CCCCCCOc1cc(-c2cc3c4ccccc4ccc3c3ccccc23)nc(-c2ccccc2O)n1.CCCCCCOc1cc(-c2cc3ccccc3c3ccccc23)nc(-c2ccccc2O)n1.CCCCCCOc1cc(-c2ccc3cc4ccccc4cc3c2)nc(-c2ccccc2O)n1. The monoisotopic (exact) mass is 1840 g/mol. The maximum absolute atomic E-state index is 10.6. The number of phenols is 4. The fourth-order valence-electron chi connectivity index (χ4n) is 18.2. The molecule has 16 heteroatoms. The first-order valence-corrected chi connectivity index (χ1v) is 49.2. The van der Waals surface area contributed by atoms with E-state index in [0.717, 1.165) is 139 Å². The van der Waals surface area contributed by atoms with Gasteiger partial charge in [0.15, 0.2) is 23.3 Å². The van der Waals surface area contributed by atoms with Crippen LogP contribution < -0.4 is 18.9 Å². The van der Waals surface area contributed by atoms with E-state index in [0.29, 0.717) is 95.5 Å². The molecule has 0 atom stereocenters. The van der Waals surface area contributed by atoms with Crippen molar-refractivity contribution < 1.29 is 39.4 Å². The molecule has 0 bridgehead atoms. The highest BCUT2D eigenvalue weighted by Gasteiger charge is 2.23. The van der Waals surface area contributed by atoms with Gasteiger partial charge in [0.2, 0.25) is 23.5 Å². The van der Waals surface area contributed by atoms with Gasteiger partial charge in [0.05, 0.1) is 71.5 Å². The van der Waals surface area contributed by atoms with E-state index in [9.17, 15) is 20.4 Å². The number of aromatic hydroxyl groups is 4. The van der Waals surface area contributed by atoms with Gasteiger partial charge in [0.25, 0.3) is 0 Å². The quantitative estimate of drug-likeness (QED) is 0.0175. The number of unbranched alkanes of at least 4 members (excludes halogenated alkanes) is 12. The number of aromatic nitrogens is 8. The maximum Gasteiger partial charge on any atom is 0.217 e. The zero-order valence-corrected chi connectivity index (χ0v) is 79.6. The minimum atomic E-state index is 0.146. The van der Waals surface area contributed by atoms with Crippen molar-refractivity contribution in [3.8, 4) is 137 Å². The van der Waals surface area contributed by atoms with Crippen molar-refractivity contribution in [2.45, 2.75) is 130 Å². The van der Waals surface area contributed by atoms with Crippen LogP contribution in [0.15, 0.2) is 352 Å². The highest BCUT2D eigenvalue weighted by atomic mass is 16.5. The Morgan fingerprint density at radius 2 is 0.471 bits per heavy atom. The average molecular weight is 1840 g/mol. The van der Waals surface area contributed by atoms with E-state index in [2.05, 4.69) is 273 Å². The van der Waals surface area contributed by atoms with E-state index in [1.165, 1.54) is 105 Å². The fraction of sp³-hybridized carbons (Fsp3) is 0.194. The van der Waals surface area contributed by atoms with E-state index in [1.807, 2.05) is 72.8 Å². The molecule has 0 amide bonds. The van der Waals surface area contributed by atoms with Crippen molar-refractivity contribution in [2.75, 3.05) is 26.4 Å². The third-order valence-corrected chi connectivity index (χ3v) is 25.5. The summed E-state index contributed by atoms with van der Waals surface area (Å²) >= 11 is 0. The third-order valence-electron chi connectivity index (χ3n) is 25.5. The molecule has 4 aromatic heterocycles. The number of benzene rings is 17. The lowest BCUT2D eigenvalue weighted by molar-refractivity contribution is 0.293. The van der Waals surface area contributed by atoms with Crippen LogP contribution in [0.2, 0.25) is 0 Å². The Morgan fingerprint density at radius 1 is 0.186 bits per heavy atom. The van der Waals surface area contributed by atoms with Crippen LogP contribution in [0.25, 0.3) is 188 Å². The van der Waals surface area contributed by atoms with Crippen LogP contribution in [-0.2, 0) is 0 Å². The third kappa shape index (κ3) is 22.2. The van der Waals surface area contributed by atoms with E-state index in [4.69, 9.17) is 43.9 Å². The van der Waals surface area contributed by atoms with Gasteiger partial charge in [0, 0.05) is 46.5 Å². The summed E-state index contributed by atoms with van der Waals surface area (Å²) in [6.07, 6.45) is 18.0. The number of rotatable bonds is 32. The predicted octanol–water partition coefficient (Wildman–Crippen LogP) is 32.3. The van der Waals surface area contributed by atoms with Crippen molar-refractivity contribution in [1.29, 1.82) is 0 Å². The molecule has 0 aliphatic heterocycles. The van der Waals surface area contributed by atoms with Crippen LogP contribution in [0.4, 0.5) is 0 Å². The summed E-state index contributed by atoms with van der Waals surface area (Å²) in [6.45, 7) is 11.2. The normalized spacial score (nSPS) is 11.3. The molecule has 0 unspecified atom stereocenters. The highest BCUT2D eigenvalue weighted by Crippen LogP contribution is 2.44. The zero-order valence-electron chi connectivity index (χ0n) is 79.6. The summed E-state index contributed by atoms with van der Waals surface area (Å²) in [5.74, 6) is 4.51. The van der Waals surface area contributed by atoms with Crippen LogP contribution in [0.5, 0.6) is 46.5 Å². The summed E-state index contributed by atoms with van der Waals surface area (Å²) in [5.41, 5.74) is 9.51. The molecule has 140 heavy (non-hydrogen) atoms. The van der Waals surface area contributed by atoms with Crippen LogP contribution >= 0.6 is 0 Å². The first-order chi connectivity index (χ1) is 68.9. The largest absolute Gasteiger partial charge is 0.507 e. The van der Waals surface area contributed by atoms with Gasteiger partial charge in [-0.2, -0.15) is 19.9 Å². The maximum atomic E-state index is 10.6. The van der Waals surface area contributed by atoms with Gasteiger partial charge in [-0.25, -0.2) is 19.9 Å². The van der Waals surface area contributed by atoms with Gasteiger partial charge < -0.3 is 39.4 Å². The number of fused-ring (bicyclic) bond motifs is 12. The highest BCUT2D eigenvalue weighted by molar-refractivity contribution is 6.21. The van der Waals surface area contributed by atoms with Crippen molar-refractivity contribution in [3.63, 3.8) is 0 Å². The van der Waals surface area contributed by atoms with E-state index >= 15 is 0 Å². The predicted molar refractivity (Wildman–Crippen MR) is 574 cm³/mol. The Bertz CT molecular complexity index is 7870. The van der Waals surface area contributed by atoms with Crippen molar-refractivity contribution in [1.82, 2.24) is 39.9 Å². The Hall–Kier alpha value is -16.2. The first-order valence-electron chi connectivity index (χ1n) is 49.2. The molecule has 0 saturated carbocycles. The molecular weight excluding hydrogens is 1730 g/mol. The molecule has 0 fully saturated rings. The molecule has 21 rings (SSSR count). The van der Waals surface area contributed by atoms with Gasteiger partial charge >= 0.3 is 0 Å². The van der Waals surface area contributed by atoms with Crippen LogP contribution in [0.3, 0.4) is 0 Å². The number of ether oxygens (including phenoxy) is 4. The van der Waals surface area contributed by atoms with E-state index < -0.39 is 0 Å². The Labute approximate surface area is 816 Å². The molecule has 4 N–H and O–H groups in total. The Morgan fingerprint density at radius 3 is 0.893 bits per heavy atom. The number of nitrogens with zero attached hydrogens (tertiary/aromatic N) is 8. The number of hydrogen-bond acceptors (Lipinski definition) is 16. The summed E-state index contributed by atoms with van der Waals surface area (Å²) in [6, 6.07) is 117.